The predicted octanol–water partition coefficient (Wildman–Crippen LogP) is 6.38. The van der Waals surface area contributed by atoms with Gasteiger partial charge in [0.15, 0.2) is 0 Å². The molecule has 0 radical (unpaired) electrons. The summed E-state index contributed by atoms with van der Waals surface area (Å²) in [6, 6.07) is 0. The molecule has 10 atom stereocenters. The molecule has 2 nitrogen and oxygen atoms in total. The van der Waals surface area contributed by atoms with Gasteiger partial charge in [0.2, 0.25) is 0 Å². The standard InChI is InChI=1S/C28H46O2/c1-17(2)18(3)7-8-19(4)21-11-12-22-20-9-10-24-26(30)25(29)14-16-28(24,6)23(20)13-15-27(21,22)5/h7-9,17-19,21-26,29-30H,10-16H2,1-6H3/b8-7+/t18-,19+,21?,22?,23?,24?,25-,26-,27+,28+/m0/s1. The van der Waals surface area contributed by atoms with Gasteiger partial charge in [-0.3, -0.25) is 0 Å². The van der Waals surface area contributed by atoms with Crippen LogP contribution in [0.1, 0.15) is 86.5 Å². The predicted molar refractivity (Wildman–Crippen MR) is 125 cm³/mol. The fraction of sp³-hybridized carbons (Fsp3) is 0.857. The molecule has 4 rings (SSSR count). The van der Waals surface area contributed by atoms with E-state index in [-0.39, 0.29) is 11.3 Å². The van der Waals surface area contributed by atoms with Crippen molar-refractivity contribution < 1.29 is 10.2 Å². The second-order valence-corrected chi connectivity index (χ2v) is 12.3. The van der Waals surface area contributed by atoms with Gasteiger partial charge in [-0.05, 0) is 97.2 Å². The van der Waals surface area contributed by atoms with Crippen LogP contribution >= 0.6 is 0 Å². The van der Waals surface area contributed by atoms with Crippen molar-refractivity contribution in [3.05, 3.63) is 23.8 Å². The average molecular weight is 415 g/mol. The van der Waals surface area contributed by atoms with Gasteiger partial charge in [-0.1, -0.05) is 65.3 Å². The summed E-state index contributed by atoms with van der Waals surface area (Å²) in [6.45, 7) is 14.5. The Morgan fingerprint density at radius 1 is 0.900 bits per heavy atom. The number of aliphatic hydroxyl groups is 2. The number of hydrogen-bond acceptors (Lipinski definition) is 2. The summed E-state index contributed by atoms with van der Waals surface area (Å²) in [7, 11) is 0. The molecule has 3 saturated carbocycles. The second kappa shape index (κ2) is 8.07. The molecule has 0 aromatic carbocycles. The van der Waals surface area contributed by atoms with Crippen molar-refractivity contribution in [2.75, 3.05) is 0 Å². The highest BCUT2D eigenvalue weighted by atomic mass is 16.3. The van der Waals surface area contributed by atoms with E-state index in [1.165, 1.54) is 25.7 Å². The SMILES string of the molecule is CC(C)[C@@H](C)/C=C/[C@@H](C)C1CCC2C3=CCC4[C@H](O)[C@@H](O)CC[C@]4(C)C3CC[C@@]21C. The Kier molecular flexibility index (Phi) is 6.08. The molecular weight excluding hydrogens is 368 g/mol. The lowest BCUT2D eigenvalue weighted by Crippen LogP contribution is -2.55. The van der Waals surface area contributed by atoms with Gasteiger partial charge < -0.3 is 10.2 Å². The quantitative estimate of drug-likeness (QED) is 0.524. The van der Waals surface area contributed by atoms with Crippen LogP contribution in [0.5, 0.6) is 0 Å². The first-order chi connectivity index (χ1) is 14.1. The van der Waals surface area contributed by atoms with Gasteiger partial charge in [0.1, 0.15) is 0 Å². The summed E-state index contributed by atoms with van der Waals surface area (Å²) >= 11 is 0. The molecule has 3 fully saturated rings. The minimum Gasteiger partial charge on any atom is -0.390 e. The smallest absolute Gasteiger partial charge is 0.0835 e. The molecule has 4 unspecified atom stereocenters. The molecule has 2 N–H and O–H groups in total. The summed E-state index contributed by atoms with van der Waals surface area (Å²) in [5, 5.41) is 21.0. The Labute approximate surface area is 185 Å². The minimum absolute atomic E-state index is 0.167. The van der Waals surface area contributed by atoms with E-state index in [1.54, 1.807) is 5.57 Å². The Bertz CT molecular complexity index is 693. The van der Waals surface area contributed by atoms with Crippen molar-refractivity contribution in [1.82, 2.24) is 0 Å². The summed E-state index contributed by atoms with van der Waals surface area (Å²) in [5.41, 5.74) is 2.32. The van der Waals surface area contributed by atoms with Crippen LogP contribution in [0.15, 0.2) is 23.8 Å². The van der Waals surface area contributed by atoms with Crippen LogP contribution < -0.4 is 0 Å². The van der Waals surface area contributed by atoms with Crippen LogP contribution in [0.4, 0.5) is 0 Å². The molecule has 2 heteroatoms. The topological polar surface area (TPSA) is 40.5 Å². The van der Waals surface area contributed by atoms with E-state index in [0.717, 1.165) is 31.1 Å². The largest absolute Gasteiger partial charge is 0.390 e. The van der Waals surface area contributed by atoms with Crippen LogP contribution in [0.3, 0.4) is 0 Å². The molecule has 0 amide bonds. The molecule has 0 aromatic rings. The Morgan fingerprint density at radius 2 is 1.57 bits per heavy atom. The lowest BCUT2D eigenvalue weighted by Gasteiger charge is -2.58. The summed E-state index contributed by atoms with van der Waals surface area (Å²) in [6.07, 6.45) is 14.5. The maximum atomic E-state index is 10.7. The fourth-order valence-corrected chi connectivity index (χ4v) is 8.18. The number of rotatable bonds is 4. The monoisotopic (exact) mass is 414 g/mol. The van der Waals surface area contributed by atoms with Gasteiger partial charge in [-0.25, -0.2) is 0 Å². The van der Waals surface area contributed by atoms with Gasteiger partial charge in [0.05, 0.1) is 12.2 Å². The van der Waals surface area contributed by atoms with Crippen LogP contribution in [0.2, 0.25) is 0 Å². The van der Waals surface area contributed by atoms with E-state index >= 15 is 0 Å². The molecular formula is C28H46O2. The Balaban J connectivity index is 1.56. The number of hydrogen-bond donors (Lipinski definition) is 2. The molecule has 0 aliphatic heterocycles. The molecule has 0 aromatic heterocycles. The summed E-state index contributed by atoms with van der Waals surface area (Å²) < 4.78 is 0. The first kappa shape index (κ1) is 22.6. The van der Waals surface area contributed by atoms with Crippen LogP contribution in [-0.2, 0) is 0 Å². The molecule has 4 aliphatic rings. The molecule has 30 heavy (non-hydrogen) atoms. The zero-order valence-electron chi connectivity index (χ0n) is 20.3. The molecule has 0 spiro atoms. The van der Waals surface area contributed by atoms with E-state index < -0.39 is 12.2 Å². The highest BCUT2D eigenvalue weighted by molar-refractivity contribution is 5.28. The fourth-order valence-electron chi connectivity index (χ4n) is 8.18. The summed E-state index contributed by atoms with van der Waals surface area (Å²) in [4.78, 5) is 0. The molecule has 0 bridgehead atoms. The average Bonchev–Trinajstić information content (AvgIpc) is 3.06. The maximum absolute atomic E-state index is 10.7. The Morgan fingerprint density at radius 3 is 2.27 bits per heavy atom. The third-order valence-corrected chi connectivity index (χ3v) is 10.6. The third kappa shape index (κ3) is 3.45. The van der Waals surface area contributed by atoms with Gasteiger partial charge >= 0.3 is 0 Å². The first-order valence-corrected chi connectivity index (χ1v) is 12.8. The van der Waals surface area contributed by atoms with Gasteiger partial charge in [-0.2, -0.15) is 0 Å². The molecule has 0 heterocycles. The normalized spacial score (nSPS) is 48.1. The van der Waals surface area contributed by atoms with Crippen molar-refractivity contribution in [3.8, 4) is 0 Å². The first-order valence-electron chi connectivity index (χ1n) is 12.8. The van der Waals surface area contributed by atoms with E-state index in [2.05, 4.69) is 59.8 Å². The Hall–Kier alpha value is -0.600. The molecule has 0 saturated heterocycles. The van der Waals surface area contributed by atoms with Crippen molar-refractivity contribution in [2.24, 2.45) is 52.3 Å². The van der Waals surface area contributed by atoms with E-state index in [0.29, 0.717) is 29.1 Å². The van der Waals surface area contributed by atoms with Crippen molar-refractivity contribution in [3.63, 3.8) is 0 Å². The van der Waals surface area contributed by atoms with E-state index in [1.807, 2.05) is 0 Å². The van der Waals surface area contributed by atoms with Gasteiger partial charge in [0, 0.05) is 0 Å². The van der Waals surface area contributed by atoms with Crippen LogP contribution in [0, 0.1) is 52.3 Å². The zero-order valence-corrected chi connectivity index (χ0v) is 20.3. The van der Waals surface area contributed by atoms with Crippen LogP contribution in [-0.4, -0.2) is 22.4 Å². The van der Waals surface area contributed by atoms with Gasteiger partial charge in [-0.15, -0.1) is 0 Å². The second-order valence-electron chi connectivity index (χ2n) is 12.3. The maximum Gasteiger partial charge on any atom is 0.0835 e. The number of aliphatic hydroxyl groups excluding tert-OH is 2. The van der Waals surface area contributed by atoms with E-state index in [9.17, 15) is 10.2 Å². The van der Waals surface area contributed by atoms with Crippen molar-refractivity contribution in [2.45, 2.75) is 98.7 Å². The van der Waals surface area contributed by atoms with Crippen molar-refractivity contribution in [1.29, 1.82) is 0 Å². The summed E-state index contributed by atoms with van der Waals surface area (Å²) in [5.74, 6) is 4.36. The van der Waals surface area contributed by atoms with Crippen molar-refractivity contribution >= 4 is 0 Å². The number of fused-ring (bicyclic) bond motifs is 5. The lowest BCUT2D eigenvalue weighted by molar-refractivity contribution is -0.124. The third-order valence-electron chi connectivity index (χ3n) is 10.6. The zero-order chi connectivity index (χ0) is 21.8. The lowest BCUT2D eigenvalue weighted by atomic mass is 9.47. The minimum atomic E-state index is -0.542. The van der Waals surface area contributed by atoms with E-state index in [4.69, 9.17) is 0 Å². The molecule has 170 valence electrons. The van der Waals surface area contributed by atoms with Gasteiger partial charge in [0.25, 0.3) is 0 Å². The molecule has 4 aliphatic carbocycles. The number of allylic oxidation sites excluding steroid dienone is 4. The highest BCUT2D eigenvalue weighted by Gasteiger charge is 2.59. The van der Waals surface area contributed by atoms with Crippen LogP contribution in [0.25, 0.3) is 0 Å². The highest BCUT2D eigenvalue weighted by Crippen LogP contribution is 2.66.